The average molecular weight is 452 g/mol. The maximum atomic E-state index is 13.3. The summed E-state index contributed by atoms with van der Waals surface area (Å²) in [4.78, 5) is 15.1. The molecule has 0 bridgehead atoms. The standard InChI is InChI=1S/C21H20N6O4S/c1-24-18-8-3-2-7-16(18)22-21(24)17-13-15-14-25(11-6-12-26(15)23-17)32(30,31)20-10-5-4-9-19(20)27(28)29/h2-5,7-10,13H,6,11-12,14H2,1H3. The molecule has 0 spiro atoms. The Labute approximate surface area is 183 Å². The summed E-state index contributed by atoms with van der Waals surface area (Å²) in [5.74, 6) is 0.694. The van der Waals surface area contributed by atoms with Gasteiger partial charge in [0.25, 0.3) is 5.69 Å². The van der Waals surface area contributed by atoms with Gasteiger partial charge in [-0.05, 0) is 30.7 Å². The van der Waals surface area contributed by atoms with Gasteiger partial charge in [-0.2, -0.15) is 9.40 Å². The number of nitrogens with zero attached hydrogens (tertiary/aromatic N) is 6. The van der Waals surface area contributed by atoms with Crippen molar-refractivity contribution in [3.63, 3.8) is 0 Å². The molecule has 10 nitrogen and oxygen atoms in total. The molecule has 0 aliphatic carbocycles. The van der Waals surface area contributed by atoms with E-state index in [0.29, 0.717) is 30.2 Å². The van der Waals surface area contributed by atoms with Gasteiger partial charge >= 0.3 is 0 Å². The summed E-state index contributed by atoms with van der Waals surface area (Å²) < 4.78 is 31.6. The largest absolute Gasteiger partial charge is 0.326 e. The smallest absolute Gasteiger partial charge is 0.289 e. The highest BCUT2D eigenvalue weighted by Crippen LogP contribution is 2.30. The van der Waals surface area contributed by atoms with Crippen LogP contribution in [0, 0.1) is 10.1 Å². The highest BCUT2D eigenvalue weighted by molar-refractivity contribution is 7.89. The van der Waals surface area contributed by atoms with Gasteiger partial charge in [-0.3, -0.25) is 14.8 Å². The fourth-order valence-electron chi connectivity index (χ4n) is 4.09. The molecule has 0 saturated carbocycles. The number of nitro groups is 1. The van der Waals surface area contributed by atoms with Crippen LogP contribution in [0.15, 0.2) is 59.5 Å². The molecule has 164 valence electrons. The van der Waals surface area contributed by atoms with E-state index in [-0.39, 0.29) is 18.0 Å². The summed E-state index contributed by atoms with van der Waals surface area (Å²) in [5.41, 5.74) is 2.78. The number of rotatable bonds is 4. The molecule has 2 aromatic carbocycles. The van der Waals surface area contributed by atoms with Gasteiger partial charge in [0.2, 0.25) is 10.0 Å². The maximum Gasteiger partial charge on any atom is 0.289 e. The van der Waals surface area contributed by atoms with Crippen molar-refractivity contribution in [2.75, 3.05) is 6.54 Å². The van der Waals surface area contributed by atoms with Crippen molar-refractivity contribution in [1.29, 1.82) is 0 Å². The average Bonchev–Trinajstić information content (AvgIpc) is 3.27. The van der Waals surface area contributed by atoms with Gasteiger partial charge in [0.15, 0.2) is 10.7 Å². The van der Waals surface area contributed by atoms with Gasteiger partial charge in [-0.15, -0.1) is 0 Å². The number of aryl methyl sites for hydroxylation is 2. The zero-order chi connectivity index (χ0) is 22.5. The third kappa shape index (κ3) is 3.26. The van der Waals surface area contributed by atoms with E-state index in [1.54, 1.807) is 4.68 Å². The van der Waals surface area contributed by atoms with Crippen LogP contribution in [0.2, 0.25) is 0 Å². The Hall–Kier alpha value is -3.57. The normalized spacial score (nSPS) is 14.9. The third-order valence-corrected chi connectivity index (χ3v) is 7.57. The van der Waals surface area contributed by atoms with Crippen LogP contribution in [0.1, 0.15) is 12.1 Å². The highest BCUT2D eigenvalue weighted by atomic mass is 32.2. The van der Waals surface area contributed by atoms with Crippen molar-refractivity contribution in [3.8, 4) is 11.5 Å². The van der Waals surface area contributed by atoms with E-state index in [4.69, 9.17) is 0 Å². The van der Waals surface area contributed by atoms with E-state index in [0.717, 1.165) is 11.0 Å². The molecule has 1 aliphatic rings. The SMILES string of the molecule is Cn1c(-c2cc3n(n2)CCCN(S(=O)(=O)c2ccccc2[N+](=O)[O-])C3)nc2ccccc21. The number of nitro benzene ring substituents is 1. The highest BCUT2D eigenvalue weighted by Gasteiger charge is 2.33. The Bertz CT molecular complexity index is 1460. The minimum atomic E-state index is -4.06. The lowest BCUT2D eigenvalue weighted by atomic mass is 10.3. The second-order valence-electron chi connectivity index (χ2n) is 7.64. The van der Waals surface area contributed by atoms with Crippen molar-refractivity contribution in [3.05, 3.63) is 70.4 Å². The Kier molecular flexibility index (Phi) is 4.79. The second kappa shape index (κ2) is 7.53. The van der Waals surface area contributed by atoms with Crippen LogP contribution in [0.25, 0.3) is 22.6 Å². The number of para-hydroxylation sites is 3. The van der Waals surface area contributed by atoms with Gasteiger partial charge in [-0.25, -0.2) is 13.4 Å². The molecule has 5 rings (SSSR count). The molecule has 0 unspecified atom stereocenters. The number of hydrogen-bond donors (Lipinski definition) is 0. The van der Waals surface area contributed by atoms with Gasteiger partial charge in [0.1, 0.15) is 5.69 Å². The van der Waals surface area contributed by atoms with E-state index in [1.165, 1.54) is 28.6 Å². The van der Waals surface area contributed by atoms with Crippen LogP contribution in [0.3, 0.4) is 0 Å². The maximum absolute atomic E-state index is 13.3. The van der Waals surface area contributed by atoms with Gasteiger partial charge < -0.3 is 4.57 Å². The summed E-state index contributed by atoms with van der Waals surface area (Å²) in [6, 6.07) is 15.1. The first kappa shape index (κ1) is 20.3. The number of fused-ring (bicyclic) bond motifs is 2. The predicted octanol–water partition coefficient (Wildman–Crippen LogP) is 2.94. The van der Waals surface area contributed by atoms with Crippen molar-refractivity contribution in [2.45, 2.75) is 24.4 Å². The minimum absolute atomic E-state index is 0.0747. The van der Waals surface area contributed by atoms with Crippen LogP contribution in [0.4, 0.5) is 5.69 Å². The van der Waals surface area contributed by atoms with Crippen molar-refractivity contribution < 1.29 is 13.3 Å². The fraction of sp³-hybridized carbons (Fsp3) is 0.238. The molecule has 32 heavy (non-hydrogen) atoms. The summed E-state index contributed by atoms with van der Waals surface area (Å²) in [6.07, 6.45) is 0.538. The molecule has 0 saturated heterocycles. The van der Waals surface area contributed by atoms with Gasteiger partial charge in [-0.1, -0.05) is 24.3 Å². The molecule has 0 radical (unpaired) electrons. The summed E-state index contributed by atoms with van der Waals surface area (Å²) in [7, 11) is -2.14. The lowest BCUT2D eigenvalue weighted by molar-refractivity contribution is -0.387. The second-order valence-corrected chi connectivity index (χ2v) is 9.55. The molecular formula is C21H20N6O4S. The lowest BCUT2D eigenvalue weighted by Gasteiger charge is -2.19. The fourth-order valence-corrected chi connectivity index (χ4v) is 5.69. The Morgan fingerprint density at radius 2 is 1.81 bits per heavy atom. The van der Waals surface area contributed by atoms with Crippen LogP contribution >= 0.6 is 0 Å². The van der Waals surface area contributed by atoms with E-state index in [9.17, 15) is 18.5 Å². The number of aromatic nitrogens is 4. The van der Waals surface area contributed by atoms with Crippen LogP contribution in [-0.2, 0) is 30.2 Å². The topological polar surface area (TPSA) is 116 Å². The molecule has 1 aliphatic heterocycles. The number of imidazole rings is 1. The Morgan fingerprint density at radius 3 is 2.59 bits per heavy atom. The summed E-state index contributed by atoms with van der Waals surface area (Å²) >= 11 is 0. The molecule has 0 atom stereocenters. The molecular weight excluding hydrogens is 432 g/mol. The predicted molar refractivity (Wildman–Crippen MR) is 117 cm³/mol. The number of sulfonamides is 1. The molecule has 11 heteroatoms. The molecule has 4 aromatic rings. The Balaban J connectivity index is 1.52. The monoisotopic (exact) mass is 452 g/mol. The molecule has 0 N–H and O–H groups in total. The lowest BCUT2D eigenvalue weighted by Crippen LogP contribution is -2.31. The summed E-state index contributed by atoms with van der Waals surface area (Å²) in [6.45, 7) is 0.868. The van der Waals surface area contributed by atoms with Crippen LogP contribution in [0.5, 0.6) is 0 Å². The Morgan fingerprint density at radius 1 is 1.06 bits per heavy atom. The first-order chi connectivity index (χ1) is 15.4. The zero-order valence-electron chi connectivity index (χ0n) is 17.2. The van der Waals surface area contributed by atoms with Crippen LogP contribution in [-0.4, -0.2) is 43.5 Å². The van der Waals surface area contributed by atoms with Crippen molar-refractivity contribution in [1.82, 2.24) is 23.6 Å². The quantitative estimate of drug-likeness (QED) is 0.347. The zero-order valence-corrected chi connectivity index (χ0v) is 18.1. The minimum Gasteiger partial charge on any atom is -0.326 e. The van der Waals surface area contributed by atoms with Gasteiger partial charge in [0, 0.05) is 26.2 Å². The molecule has 3 heterocycles. The number of hydrogen-bond acceptors (Lipinski definition) is 6. The number of benzene rings is 2. The first-order valence-corrected chi connectivity index (χ1v) is 11.5. The van der Waals surface area contributed by atoms with Crippen molar-refractivity contribution >= 4 is 26.7 Å². The van der Waals surface area contributed by atoms with Gasteiger partial charge in [0.05, 0.1) is 28.2 Å². The van der Waals surface area contributed by atoms with E-state index >= 15 is 0 Å². The van der Waals surface area contributed by atoms with E-state index in [1.807, 2.05) is 41.9 Å². The third-order valence-electron chi connectivity index (χ3n) is 5.68. The van der Waals surface area contributed by atoms with E-state index < -0.39 is 20.6 Å². The first-order valence-electron chi connectivity index (χ1n) is 10.1. The van der Waals surface area contributed by atoms with E-state index in [2.05, 4.69) is 10.1 Å². The molecule has 0 fully saturated rings. The molecule has 0 amide bonds. The van der Waals surface area contributed by atoms with Crippen LogP contribution < -0.4 is 0 Å². The summed E-state index contributed by atoms with van der Waals surface area (Å²) in [5, 5.41) is 16.1. The molecule has 2 aromatic heterocycles. The van der Waals surface area contributed by atoms with Crippen molar-refractivity contribution in [2.24, 2.45) is 7.05 Å².